The SMILES string of the molecule is CNc1cc(COC)nc(-c2ccccc2Cl)n1. The molecule has 1 heterocycles. The van der Waals surface area contributed by atoms with Crippen LogP contribution >= 0.6 is 11.6 Å². The monoisotopic (exact) mass is 263 g/mol. The number of hydrogen-bond donors (Lipinski definition) is 1. The first-order valence-corrected chi connectivity index (χ1v) is 5.92. The summed E-state index contributed by atoms with van der Waals surface area (Å²) in [6, 6.07) is 9.36. The molecule has 0 aliphatic rings. The van der Waals surface area contributed by atoms with Crippen molar-refractivity contribution in [2.24, 2.45) is 0 Å². The van der Waals surface area contributed by atoms with Gasteiger partial charge in [0, 0.05) is 25.8 Å². The molecular formula is C13H14ClN3O. The summed E-state index contributed by atoms with van der Waals surface area (Å²) in [5.41, 5.74) is 1.63. The van der Waals surface area contributed by atoms with Crippen LogP contribution in [-0.2, 0) is 11.3 Å². The molecular weight excluding hydrogens is 250 g/mol. The first kappa shape index (κ1) is 12.8. The summed E-state index contributed by atoms with van der Waals surface area (Å²) < 4.78 is 5.10. The number of aromatic nitrogens is 2. The second kappa shape index (κ2) is 5.80. The highest BCUT2D eigenvalue weighted by molar-refractivity contribution is 6.33. The third kappa shape index (κ3) is 2.78. The van der Waals surface area contributed by atoms with Gasteiger partial charge in [-0.1, -0.05) is 23.7 Å². The molecule has 0 atom stereocenters. The molecule has 2 rings (SSSR count). The average Bonchev–Trinajstić information content (AvgIpc) is 2.39. The maximum Gasteiger partial charge on any atom is 0.163 e. The van der Waals surface area contributed by atoms with Gasteiger partial charge in [-0.15, -0.1) is 0 Å². The summed E-state index contributed by atoms with van der Waals surface area (Å²) in [6.07, 6.45) is 0. The minimum Gasteiger partial charge on any atom is -0.378 e. The lowest BCUT2D eigenvalue weighted by Crippen LogP contribution is -2.02. The Kier molecular flexibility index (Phi) is 4.12. The van der Waals surface area contributed by atoms with Gasteiger partial charge in [-0.25, -0.2) is 9.97 Å². The first-order chi connectivity index (χ1) is 8.74. The van der Waals surface area contributed by atoms with Crippen molar-refractivity contribution in [3.63, 3.8) is 0 Å². The maximum atomic E-state index is 6.15. The van der Waals surface area contributed by atoms with Crippen molar-refractivity contribution in [2.75, 3.05) is 19.5 Å². The normalized spacial score (nSPS) is 10.4. The lowest BCUT2D eigenvalue weighted by atomic mass is 10.2. The van der Waals surface area contributed by atoms with Gasteiger partial charge in [0.1, 0.15) is 5.82 Å². The molecule has 0 fully saturated rings. The third-order valence-electron chi connectivity index (χ3n) is 2.44. The molecule has 0 amide bonds. The summed E-state index contributed by atoms with van der Waals surface area (Å²) >= 11 is 6.15. The Hall–Kier alpha value is -1.65. The second-order valence-electron chi connectivity index (χ2n) is 3.73. The summed E-state index contributed by atoms with van der Waals surface area (Å²) in [5, 5.41) is 3.64. The van der Waals surface area contributed by atoms with Crippen LogP contribution in [0.5, 0.6) is 0 Å². The van der Waals surface area contributed by atoms with Crippen molar-refractivity contribution in [3.05, 3.63) is 41.0 Å². The van der Waals surface area contributed by atoms with Gasteiger partial charge >= 0.3 is 0 Å². The molecule has 0 aliphatic heterocycles. The third-order valence-corrected chi connectivity index (χ3v) is 2.77. The van der Waals surface area contributed by atoms with Gasteiger partial charge in [-0.05, 0) is 12.1 Å². The van der Waals surface area contributed by atoms with Gasteiger partial charge in [0.05, 0.1) is 17.3 Å². The van der Waals surface area contributed by atoms with Crippen LogP contribution in [0.3, 0.4) is 0 Å². The van der Waals surface area contributed by atoms with Crippen LogP contribution in [0.4, 0.5) is 5.82 Å². The van der Waals surface area contributed by atoms with E-state index in [4.69, 9.17) is 16.3 Å². The van der Waals surface area contributed by atoms with Crippen molar-refractivity contribution in [1.29, 1.82) is 0 Å². The summed E-state index contributed by atoms with van der Waals surface area (Å²) in [7, 11) is 3.45. The average molecular weight is 264 g/mol. The topological polar surface area (TPSA) is 47.0 Å². The maximum absolute atomic E-state index is 6.15. The lowest BCUT2D eigenvalue weighted by molar-refractivity contribution is 0.181. The predicted octanol–water partition coefficient (Wildman–Crippen LogP) is 2.99. The Morgan fingerprint density at radius 2 is 2.06 bits per heavy atom. The molecule has 0 radical (unpaired) electrons. The largest absolute Gasteiger partial charge is 0.378 e. The van der Waals surface area contributed by atoms with Gasteiger partial charge in [0.2, 0.25) is 0 Å². The van der Waals surface area contributed by atoms with E-state index in [1.54, 1.807) is 7.11 Å². The van der Waals surface area contributed by atoms with Gasteiger partial charge < -0.3 is 10.1 Å². The Morgan fingerprint density at radius 3 is 2.72 bits per heavy atom. The number of nitrogens with zero attached hydrogens (tertiary/aromatic N) is 2. The zero-order valence-electron chi connectivity index (χ0n) is 10.3. The molecule has 5 heteroatoms. The summed E-state index contributed by atoms with van der Waals surface area (Å²) in [4.78, 5) is 8.84. The Bertz CT molecular complexity index is 546. The number of anilines is 1. The molecule has 0 unspecified atom stereocenters. The van der Waals surface area contributed by atoms with E-state index in [9.17, 15) is 0 Å². The van der Waals surface area contributed by atoms with Crippen LogP contribution in [-0.4, -0.2) is 24.1 Å². The summed E-state index contributed by atoms with van der Waals surface area (Å²) in [5.74, 6) is 1.34. The van der Waals surface area contributed by atoms with Crippen molar-refractivity contribution >= 4 is 17.4 Å². The van der Waals surface area contributed by atoms with Crippen molar-refractivity contribution in [3.8, 4) is 11.4 Å². The molecule has 1 N–H and O–H groups in total. The molecule has 18 heavy (non-hydrogen) atoms. The molecule has 4 nitrogen and oxygen atoms in total. The molecule has 0 spiro atoms. The van der Waals surface area contributed by atoms with Crippen molar-refractivity contribution < 1.29 is 4.74 Å². The highest BCUT2D eigenvalue weighted by atomic mass is 35.5. The fourth-order valence-corrected chi connectivity index (χ4v) is 1.83. The number of benzene rings is 1. The number of nitrogens with one attached hydrogen (secondary N) is 1. The number of halogens is 1. The smallest absolute Gasteiger partial charge is 0.163 e. The molecule has 0 bridgehead atoms. The Morgan fingerprint density at radius 1 is 1.28 bits per heavy atom. The molecule has 2 aromatic rings. The van der Waals surface area contributed by atoms with Crippen molar-refractivity contribution in [1.82, 2.24) is 9.97 Å². The van der Waals surface area contributed by atoms with Crippen molar-refractivity contribution in [2.45, 2.75) is 6.61 Å². The van der Waals surface area contributed by atoms with E-state index in [1.165, 1.54) is 0 Å². The summed E-state index contributed by atoms with van der Waals surface area (Å²) in [6.45, 7) is 0.439. The number of ether oxygens (including phenoxy) is 1. The van der Waals surface area contributed by atoms with Gasteiger partial charge in [-0.3, -0.25) is 0 Å². The highest BCUT2D eigenvalue weighted by Gasteiger charge is 2.09. The van der Waals surface area contributed by atoms with Gasteiger partial charge in [0.25, 0.3) is 0 Å². The van der Waals surface area contributed by atoms with E-state index in [0.29, 0.717) is 17.5 Å². The number of hydrogen-bond acceptors (Lipinski definition) is 4. The van der Waals surface area contributed by atoms with Gasteiger partial charge in [-0.2, -0.15) is 0 Å². The van der Waals surface area contributed by atoms with Crippen LogP contribution in [0, 0.1) is 0 Å². The quantitative estimate of drug-likeness (QED) is 0.921. The van der Waals surface area contributed by atoms with E-state index >= 15 is 0 Å². The standard InChI is InChI=1S/C13H14ClN3O/c1-15-12-7-9(8-18-2)16-13(17-12)10-5-3-4-6-11(10)14/h3-7H,8H2,1-2H3,(H,15,16,17). The molecule has 0 saturated carbocycles. The number of rotatable bonds is 4. The minimum atomic E-state index is 0.439. The Labute approximate surface area is 111 Å². The molecule has 0 saturated heterocycles. The number of methoxy groups -OCH3 is 1. The van der Waals surface area contributed by atoms with Crippen LogP contribution in [0.25, 0.3) is 11.4 Å². The Balaban J connectivity index is 2.50. The molecule has 94 valence electrons. The van der Waals surface area contributed by atoms with E-state index < -0.39 is 0 Å². The fourth-order valence-electron chi connectivity index (χ4n) is 1.61. The second-order valence-corrected chi connectivity index (χ2v) is 4.14. The first-order valence-electron chi connectivity index (χ1n) is 5.54. The van der Waals surface area contributed by atoms with E-state index in [1.807, 2.05) is 37.4 Å². The lowest BCUT2D eigenvalue weighted by Gasteiger charge is -2.08. The zero-order valence-corrected chi connectivity index (χ0v) is 11.0. The fraction of sp³-hybridized carbons (Fsp3) is 0.231. The van der Waals surface area contributed by atoms with Gasteiger partial charge in [0.15, 0.2) is 5.82 Å². The highest BCUT2D eigenvalue weighted by Crippen LogP contribution is 2.25. The van der Waals surface area contributed by atoms with Crippen LogP contribution < -0.4 is 5.32 Å². The predicted molar refractivity (Wildman–Crippen MR) is 72.7 cm³/mol. The van der Waals surface area contributed by atoms with Crippen LogP contribution in [0.15, 0.2) is 30.3 Å². The van der Waals surface area contributed by atoms with E-state index in [0.717, 1.165) is 17.1 Å². The van der Waals surface area contributed by atoms with E-state index in [2.05, 4.69) is 15.3 Å². The molecule has 1 aromatic heterocycles. The van der Waals surface area contributed by atoms with Crippen LogP contribution in [0.1, 0.15) is 5.69 Å². The minimum absolute atomic E-state index is 0.439. The van der Waals surface area contributed by atoms with Crippen LogP contribution in [0.2, 0.25) is 5.02 Å². The molecule has 0 aliphatic carbocycles. The molecule has 1 aromatic carbocycles. The zero-order chi connectivity index (χ0) is 13.0. The van der Waals surface area contributed by atoms with E-state index in [-0.39, 0.29) is 0 Å².